The lowest BCUT2D eigenvalue weighted by Crippen LogP contribution is -2.00. The molecule has 3 nitrogen and oxygen atoms in total. The van der Waals surface area contributed by atoms with E-state index >= 15 is 0 Å². The van der Waals surface area contributed by atoms with E-state index < -0.39 is 0 Å². The zero-order valence-electron chi connectivity index (χ0n) is 15.0. The van der Waals surface area contributed by atoms with Crippen molar-refractivity contribution < 1.29 is 14.3 Å². The molecule has 0 heterocycles. The van der Waals surface area contributed by atoms with Crippen LogP contribution in [-0.2, 0) is 20.7 Å². The van der Waals surface area contributed by atoms with E-state index in [9.17, 15) is 4.79 Å². The Morgan fingerprint density at radius 3 is 2.67 bits per heavy atom. The topological polar surface area (TPSA) is 35.5 Å². The summed E-state index contributed by atoms with van der Waals surface area (Å²) in [4.78, 5) is 9.59. The molecule has 0 spiro atoms. The fourth-order valence-corrected chi connectivity index (χ4v) is 2.54. The van der Waals surface area contributed by atoms with Crippen molar-refractivity contribution in [3.05, 3.63) is 58.1 Å². The second kappa shape index (κ2) is 11.1. The molecule has 1 aromatic rings. The molecule has 0 radical (unpaired) electrons. The Bertz CT molecular complexity index is 591. The SMILES string of the molecule is C/C=C(/C)C/C=C\COC1CCc2cc(Cl)ccc21.COC(C)=O. The number of fused-ring (bicyclic) bond motifs is 1. The Morgan fingerprint density at radius 1 is 1.33 bits per heavy atom. The Labute approximate surface area is 150 Å². The van der Waals surface area contributed by atoms with Crippen LogP contribution in [-0.4, -0.2) is 19.7 Å². The summed E-state index contributed by atoms with van der Waals surface area (Å²) in [6.07, 6.45) is 9.81. The number of halogens is 1. The molecule has 1 aliphatic rings. The standard InChI is InChI=1S/C17H21ClO.C3H6O2/c1-3-13(2)6-4-5-11-19-17-10-7-14-12-15(18)8-9-16(14)17;1-3(4)5-2/h3-5,8-9,12,17H,6-7,10-11H2,1-2H3;1-2H3/b5-4-,13-3-;. The third kappa shape index (κ3) is 7.33. The summed E-state index contributed by atoms with van der Waals surface area (Å²) < 4.78 is 10.0. The van der Waals surface area contributed by atoms with E-state index in [0.29, 0.717) is 6.61 Å². The van der Waals surface area contributed by atoms with Crippen molar-refractivity contribution in [3.8, 4) is 0 Å². The number of hydrogen-bond acceptors (Lipinski definition) is 3. The summed E-state index contributed by atoms with van der Waals surface area (Å²) in [5.74, 6) is -0.245. The first kappa shape index (κ1) is 20.5. The van der Waals surface area contributed by atoms with Gasteiger partial charge in [-0.25, -0.2) is 0 Å². The van der Waals surface area contributed by atoms with Crippen molar-refractivity contribution in [2.45, 2.75) is 46.1 Å². The normalized spacial score (nSPS) is 16.5. The summed E-state index contributed by atoms with van der Waals surface area (Å²) in [7, 11) is 1.35. The minimum atomic E-state index is -0.245. The van der Waals surface area contributed by atoms with Gasteiger partial charge in [-0.15, -0.1) is 0 Å². The molecule has 0 saturated heterocycles. The number of ether oxygens (including phenoxy) is 2. The number of carbonyl (C=O) groups excluding carboxylic acids is 1. The van der Waals surface area contributed by atoms with E-state index in [2.05, 4.69) is 48.9 Å². The number of carbonyl (C=O) groups is 1. The van der Waals surface area contributed by atoms with E-state index in [4.69, 9.17) is 16.3 Å². The highest BCUT2D eigenvalue weighted by atomic mass is 35.5. The minimum Gasteiger partial charge on any atom is -0.469 e. The van der Waals surface area contributed by atoms with Gasteiger partial charge in [-0.05, 0) is 56.4 Å². The van der Waals surface area contributed by atoms with Gasteiger partial charge in [0.25, 0.3) is 0 Å². The van der Waals surface area contributed by atoms with Crippen LogP contribution in [0.3, 0.4) is 0 Å². The van der Waals surface area contributed by atoms with Crippen LogP contribution >= 0.6 is 11.6 Å². The predicted octanol–water partition coefficient (Wildman–Crippen LogP) is 5.44. The summed E-state index contributed by atoms with van der Waals surface area (Å²) >= 11 is 6.00. The molecule has 1 atom stereocenters. The molecule has 0 aliphatic heterocycles. The average molecular weight is 351 g/mol. The third-order valence-corrected chi connectivity index (χ3v) is 4.14. The van der Waals surface area contributed by atoms with Gasteiger partial charge in [0.15, 0.2) is 0 Å². The Kier molecular flexibility index (Phi) is 9.43. The molecule has 24 heavy (non-hydrogen) atoms. The fraction of sp³-hybridized carbons (Fsp3) is 0.450. The second-order valence-corrected chi connectivity index (χ2v) is 6.15. The van der Waals surface area contributed by atoms with Gasteiger partial charge in [0.05, 0.1) is 19.8 Å². The van der Waals surface area contributed by atoms with Gasteiger partial charge in [0.2, 0.25) is 0 Å². The first-order valence-corrected chi connectivity index (χ1v) is 8.57. The summed E-state index contributed by atoms with van der Waals surface area (Å²) in [6.45, 7) is 6.26. The fourth-order valence-electron chi connectivity index (χ4n) is 2.35. The van der Waals surface area contributed by atoms with Gasteiger partial charge in [-0.1, -0.05) is 41.5 Å². The highest BCUT2D eigenvalue weighted by Gasteiger charge is 2.22. The number of esters is 1. The van der Waals surface area contributed by atoms with Crippen molar-refractivity contribution in [2.24, 2.45) is 0 Å². The summed E-state index contributed by atoms with van der Waals surface area (Å²) in [6, 6.07) is 6.11. The predicted molar refractivity (Wildman–Crippen MR) is 99.3 cm³/mol. The monoisotopic (exact) mass is 350 g/mol. The van der Waals surface area contributed by atoms with Crippen molar-refractivity contribution in [1.82, 2.24) is 0 Å². The minimum absolute atomic E-state index is 0.236. The number of rotatable bonds is 5. The Hall–Kier alpha value is -1.58. The molecule has 1 unspecified atom stereocenters. The van der Waals surface area contributed by atoms with E-state index in [1.807, 2.05) is 6.07 Å². The second-order valence-electron chi connectivity index (χ2n) is 5.71. The number of allylic oxidation sites excluding steroid dienone is 3. The number of aryl methyl sites for hydroxylation is 1. The number of benzene rings is 1. The Morgan fingerprint density at radius 2 is 2.04 bits per heavy atom. The van der Waals surface area contributed by atoms with Crippen LogP contribution in [0.2, 0.25) is 5.02 Å². The van der Waals surface area contributed by atoms with Crippen molar-refractivity contribution in [1.29, 1.82) is 0 Å². The van der Waals surface area contributed by atoms with Crippen molar-refractivity contribution >= 4 is 17.6 Å². The lowest BCUT2D eigenvalue weighted by molar-refractivity contribution is -0.137. The van der Waals surface area contributed by atoms with E-state index in [0.717, 1.165) is 24.3 Å². The van der Waals surface area contributed by atoms with Crippen LogP contribution < -0.4 is 0 Å². The molecule has 2 rings (SSSR count). The molecule has 0 amide bonds. The number of hydrogen-bond donors (Lipinski definition) is 0. The smallest absolute Gasteiger partial charge is 0.302 e. The van der Waals surface area contributed by atoms with Crippen LogP contribution in [0, 0.1) is 0 Å². The zero-order chi connectivity index (χ0) is 17.9. The molecule has 0 aromatic heterocycles. The highest BCUT2D eigenvalue weighted by molar-refractivity contribution is 6.30. The molecule has 0 bridgehead atoms. The van der Waals surface area contributed by atoms with Crippen molar-refractivity contribution in [2.75, 3.05) is 13.7 Å². The summed E-state index contributed by atoms with van der Waals surface area (Å²) in [5, 5.41) is 0.820. The van der Waals surface area contributed by atoms with Gasteiger partial charge in [-0.3, -0.25) is 4.79 Å². The molecule has 4 heteroatoms. The number of methoxy groups -OCH3 is 1. The van der Waals surface area contributed by atoms with Gasteiger partial charge >= 0.3 is 5.97 Å². The molecule has 1 aliphatic carbocycles. The molecule has 0 fully saturated rings. The van der Waals surface area contributed by atoms with E-state index in [-0.39, 0.29) is 12.1 Å². The van der Waals surface area contributed by atoms with Crippen LogP contribution in [0.1, 0.15) is 50.8 Å². The van der Waals surface area contributed by atoms with Crippen LogP contribution in [0.5, 0.6) is 0 Å². The van der Waals surface area contributed by atoms with Gasteiger partial charge < -0.3 is 9.47 Å². The quantitative estimate of drug-likeness (QED) is 0.524. The average Bonchev–Trinajstić information content (AvgIpc) is 2.96. The first-order chi connectivity index (χ1) is 11.5. The lowest BCUT2D eigenvalue weighted by Gasteiger charge is -2.11. The molecule has 0 saturated carbocycles. The van der Waals surface area contributed by atoms with Crippen LogP contribution in [0.25, 0.3) is 0 Å². The van der Waals surface area contributed by atoms with Crippen LogP contribution in [0.15, 0.2) is 42.0 Å². The largest absolute Gasteiger partial charge is 0.469 e. The maximum atomic E-state index is 9.59. The lowest BCUT2D eigenvalue weighted by atomic mass is 10.1. The molecule has 132 valence electrons. The third-order valence-electron chi connectivity index (χ3n) is 3.91. The molecule has 0 N–H and O–H groups in total. The molecular weight excluding hydrogens is 324 g/mol. The Balaban J connectivity index is 0.000000505. The van der Waals surface area contributed by atoms with Crippen LogP contribution in [0.4, 0.5) is 0 Å². The van der Waals surface area contributed by atoms with Gasteiger partial charge in [0, 0.05) is 11.9 Å². The van der Waals surface area contributed by atoms with Gasteiger partial charge in [-0.2, -0.15) is 0 Å². The molecule has 1 aromatic carbocycles. The van der Waals surface area contributed by atoms with Crippen molar-refractivity contribution in [3.63, 3.8) is 0 Å². The van der Waals surface area contributed by atoms with E-state index in [1.165, 1.54) is 30.7 Å². The maximum Gasteiger partial charge on any atom is 0.302 e. The zero-order valence-corrected chi connectivity index (χ0v) is 15.7. The van der Waals surface area contributed by atoms with Gasteiger partial charge in [0.1, 0.15) is 0 Å². The highest BCUT2D eigenvalue weighted by Crippen LogP contribution is 2.35. The first-order valence-electron chi connectivity index (χ1n) is 8.19. The maximum absolute atomic E-state index is 9.59. The summed E-state index contributed by atoms with van der Waals surface area (Å²) in [5.41, 5.74) is 4.03. The van der Waals surface area contributed by atoms with E-state index in [1.54, 1.807) is 0 Å². The molecular formula is C20H27ClO3.